The molecule has 6 nitrogen and oxygen atoms in total. The highest BCUT2D eigenvalue weighted by Gasteiger charge is 2.32. The number of nitrogens with zero attached hydrogens (tertiary/aromatic N) is 4. The molecule has 3 aliphatic rings. The molecule has 1 aromatic heterocycles. The zero-order valence-corrected chi connectivity index (χ0v) is 14.9. The normalized spacial score (nSPS) is 25.5. The van der Waals surface area contributed by atoms with Crippen LogP contribution >= 0.6 is 0 Å². The zero-order chi connectivity index (χ0) is 17.1. The molecule has 136 valence electrons. The topological polar surface area (TPSA) is 51.7 Å². The van der Waals surface area contributed by atoms with Crippen LogP contribution < -0.4 is 10.2 Å². The van der Waals surface area contributed by atoms with Gasteiger partial charge in [0.1, 0.15) is 5.82 Å². The lowest BCUT2D eigenvalue weighted by molar-refractivity contribution is 0.0633. The number of aromatic nitrogens is 1. The van der Waals surface area contributed by atoms with Crippen LogP contribution in [0.1, 0.15) is 32.1 Å². The molecule has 0 radical (unpaired) electrons. The number of pyridine rings is 1. The van der Waals surface area contributed by atoms with E-state index in [9.17, 15) is 4.79 Å². The van der Waals surface area contributed by atoms with Crippen LogP contribution in [-0.2, 0) is 0 Å². The van der Waals surface area contributed by atoms with Crippen molar-refractivity contribution in [1.29, 1.82) is 0 Å². The van der Waals surface area contributed by atoms with Gasteiger partial charge < -0.3 is 15.1 Å². The molecule has 1 atom stereocenters. The van der Waals surface area contributed by atoms with E-state index in [0.29, 0.717) is 6.04 Å². The van der Waals surface area contributed by atoms with Crippen LogP contribution in [0, 0.1) is 0 Å². The third kappa shape index (κ3) is 3.89. The molecule has 3 aliphatic heterocycles. The molecule has 1 N–H and O–H groups in total. The van der Waals surface area contributed by atoms with Gasteiger partial charge in [-0.2, -0.15) is 0 Å². The Balaban J connectivity index is 1.25. The maximum Gasteiger partial charge on any atom is 0.317 e. The predicted molar refractivity (Wildman–Crippen MR) is 98.8 cm³/mol. The fraction of sp³-hybridized carbons (Fsp3) is 0.684. The van der Waals surface area contributed by atoms with Gasteiger partial charge in [0.2, 0.25) is 0 Å². The van der Waals surface area contributed by atoms with E-state index in [1.165, 1.54) is 25.8 Å². The van der Waals surface area contributed by atoms with Crippen molar-refractivity contribution in [1.82, 2.24) is 20.1 Å². The summed E-state index contributed by atoms with van der Waals surface area (Å²) in [6.45, 7) is 5.94. The fourth-order valence-electron chi connectivity index (χ4n) is 4.40. The van der Waals surface area contributed by atoms with Crippen molar-refractivity contribution in [2.45, 2.75) is 44.2 Å². The highest BCUT2D eigenvalue weighted by molar-refractivity contribution is 5.74. The molecule has 0 bridgehead atoms. The van der Waals surface area contributed by atoms with E-state index in [0.717, 1.165) is 51.4 Å². The smallest absolute Gasteiger partial charge is 0.317 e. The molecule has 4 rings (SSSR count). The van der Waals surface area contributed by atoms with Gasteiger partial charge in [-0.3, -0.25) is 4.90 Å². The number of hydrogen-bond donors (Lipinski definition) is 1. The van der Waals surface area contributed by atoms with Gasteiger partial charge in [0.15, 0.2) is 0 Å². The molecular formula is C19H29N5O. The fourth-order valence-corrected chi connectivity index (χ4v) is 4.40. The molecule has 0 aliphatic carbocycles. The molecule has 0 saturated carbocycles. The zero-order valence-electron chi connectivity index (χ0n) is 14.9. The number of rotatable bonds is 2. The Morgan fingerprint density at radius 3 is 2.72 bits per heavy atom. The largest absolute Gasteiger partial charge is 0.356 e. The van der Waals surface area contributed by atoms with Crippen molar-refractivity contribution in [2.24, 2.45) is 0 Å². The number of amides is 2. The predicted octanol–water partition coefficient (Wildman–Crippen LogP) is 1.93. The molecular weight excluding hydrogens is 314 g/mol. The molecule has 0 unspecified atom stereocenters. The minimum Gasteiger partial charge on any atom is -0.356 e. The van der Waals surface area contributed by atoms with Crippen molar-refractivity contribution in [3.63, 3.8) is 0 Å². The van der Waals surface area contributed by atoms with E-state index < -0.39 is 0 Å². The van der Waals surface area contributed by atoms with E-state index in [1.54, 1.807) is 0 Å². The molecule has 25 heavy (non-hydrogen) atoms. The summed E-state index contributed by atoms with van der Waals surface area (Å²) in [5.41, 5.74) is 0. The maximum absolute atomic E-state index is 12.7. The van der Waals surface area contributed by atoms with Gasteiger partial charge in [-0.15, -0.1) is 0 Å². The number of nitrogens with one attached hydrogen (secondary N) is 1. The van der Waals surface area contributed by atoms with E-state index in [-0.39, 0.29) is 12.1 Å². The molecule has 4 heterocycles. The number of hydrogen-bond acceptors (Lipinski definition) is 4. The lowest BCUT2D eigenvalue weighted by atomic mass is 9.99. The number of piperazine rings is 1. The summed E-state index contributed by atoms with van der Waals surface area (Å²) in [5.74, 6) is 1.04. The van der Waals surface area contributed by atoms with Crippen LogP contribution in [0.15, 0.2) is 24.4 Å². The van der Waals surface area contributed by atoms with Crippen molar-refractivity contribution >= 4 is 11.8 Å². The van der Waals surface area contributed by atoms with Gasteiger partial charge >= 0.3 is 6.03 Å². The Morgan fingerprint density at radius 1 is 1.04 bits per heavy atom. The molecule has 6 heteroatoms. The minimum atomic E-state index is 0.140. The third-order valence-electron chi connectivity index (χ3n) is 5.92. The van der Waals surface area contributed by atoms with E-state index >= 15 is 0 Å². The minimum absolute atomic E-state index is 0.140. The van der Waals surface area contributed by atoms with Gasteiger partial charge in [0.05, 0.1) is 0 Å². The molecule has 0 aromatic carbocycles. The van der Waals surface area contributed by atoms with Gasteiger partial charge in [-0.05, 0) is 44.4 Å². The molecule has 2 amide bonds. The lowest BCUT2D eigenvalue weighted by Gasteiger charge is -2.44. The average molecular weight is 343 g/mol. The highest BCUT2D eigenvalue weighted by atomic mass is 16.2. The third-order valence-corrected chi connectivity index (χ3v) is 5.92. The summed E-state index contributed by atoms with van der Waals surface area (Å²) >= 11 is 0. The molecule has 1 aromatic rings. The van der Waals surface area contributed by atoms with Crippen molar-refractivity contribution in [3.8, 4) is 0 Å². The molecule has 0 spiro atoms. The van der Waals surface area contributed by atoms with Crippen molar-refractivity contribution in [2.75, 3.05) is 44.2 Å². The van der Waals surface area contributed by atoms with Crippen LogP contribution in [0.3, 0.4) is 0 Å². The first-order valence-electron chi connectivity index (χ1n) is 9.75. The quantitative estimate of drug-likeness (QED) is 0.891. The lowest BCUT2D eigenvalue weighted by Crippen LogP contribution is -2.59. The van der Waals surface area contributed by atoms with Crippen LogP contribution in [0.2, 0.25) is 0 Å². The van der Waals surface area contributed by atoms with E-state index in [1.807, 2.05) is 23.2 Å². The summed E-state index contributed by atoms with van der Waals surface area (Å²) in [5, 5.41) is 3.28. The number of fused-ring (bicyclic) bond motifs is 1. The Morgan fingerprint density at radius 2 is 1.92 bits per heavy atom. The standard InChI is InChI=1S/C19H29N5O/c25-19(24-14-13-22-10-4-2-5-17(22)15-24)21-16-7-11-23(12-8-16)18-6-1-3-9-20-18/h1,3,6,9,16-17H,2,4-5,7-8,10-15H2,(H,21,25)/t17-/m0/s1. The van der Waals surface area contributed by atoms with Crippen molar-refractivity contribution in [3.05, 3.63) is 24.4 Å². The first kappa shape index (κ1) is 16.6. The number of carbonyl (C=O) groups excluding carboxylic acids is 1. The summed E-state index contributed by atoms with van der Waals surface area (Å²) in [6.07, 6.45) is 7.69. The summed E-state index contributed by atoms with van der Waals surface area (Å²) < 4.78 is 0. The summed E-state index contributed by atoms with van der Waals surface area (Å²) in [7, 11) is 0. The highest BCUT2D eigenvalue weighted by Crippen LogP contribution is 2.22. The number of piperidine rings is 2. The number of anilines is 1. The Hall–Kier alpha value is -1.82. The maximum atomic E-state index is 12.7. The first-order valence-corrected chi connectivity index (χ1v) is 9.75. The van der Waals surface area contributed by atoms with Gasteiger partial charge in [-0.25, -0.2) is 9.78 Å². The van der Waals surface area contributed by atoms with Gasteiger partial charge in [0, 0.05) is 51.0 Å². The van der Waals surface area contributed by atoms with Gasteiger partial charge in [-0.1, -0.05) is 12.5 Å². The Labute approximate surface area is 150 Å². The molecule has 3 saturated heterocycles. The second-order valence-electron chi connectivity index (χ2n) is 7.53. The number of urea groups is 1. The van der Waals surface area contributed by atoms with Crippen LogP contribution in [0.25, 0.3) is 0 Å². The first-order chi connectivity index (χ1) is 12.3. The second kappa shape index (κ2) is 7.60. The monoisotopic (exact) mass is 343 g/mol. The van der Waals surface area contributed by atoms with E-state index in [4.69, 9.17) is 0 Å². The average Bonchev–Trinajstić information content (AvgIpc) is 2.69. The summed E-state index contributed by atoms with van der Waals surface area (Å²) in [4.78, 5) is 24.0. The Kier molecular flexibility index (Phi) is 5.06. The van der Waals surface area contributed by atoms with E-state index in [2.05, 4.69) is 26.2 Å². The van der Waals surface area contributed by atoms with Crippen molar-refractivity contribution < 1.29 is 4.79 Å². The SMILES string of the molecule is O=C(NC1CCN(c2ccccn2)CC1)N1CCN2CCCC[C@H]2C1. The van der Waals surface area contributed by atoms with Crippen LogP contribution in [0.5, 0.6) is 0 Å². The second-order valence-corrected chi connectivity index (χ2v) is 7.53. The number of carbonyl (C=O) groups is 1. The van der Waals surface area contributed by atoms with Gasteiger partial charge in [0.25, 0.3) is 0 Å². The van der Waals surface area contributed by atoms with Crippen LogP contribution in [0.4, 0.5) is 10.6 Å². The van der Waals surface area contributed by atoms with Crippen LogP contribution in [-0.4, -0.2) is 72.2 Å². The summed E-state index contributed by atoms with van der Waals surface area (Å²) in [6, 6.07) is 7.05. The Bertz CT molecular complexity index is 572. The molecule has 3 fully saturated rings.